The van der Waals surface area contributed by atoms with Crippen molar-refractivity contribution in [2.45, 2.75) is 58.3 Å². The van der Waals surface area contributed by atoms with Gasteiger partial charge in [0.1, 0.15) is 11.4 Å². The molecule has 0 aromatic heterocycles. The van der Waals surface area contributed by atoms with Crippen LogP contribution in [0.25, 0.3) is 11.1 Å². The maximum absolute atomic E-state index is 13.3. The minimum Gasteiger partial charge on any atom is -0.497 e. The van der Waals surface area contributed by atoms with Crippen molar-refractivity contribution in [3.8, 4) is 16.9 Å². The summed E-state index contributed by atoms with van der Waals surface area (Å²) in [5, 5.41) is 0. The van der Waals surface area contributed by atoms with Crippen LogP contribution in [0.1, 0.15) is 44.7 Å². The second-order valence-electron chi connectivity index (χ2n) is 11.4. The van der Waals surface area contributed by atoms with Gasteiger partial charge >= 0.3 is 5.97 Å². The van der Waals surface area contributed by atoms with Crippen molar-refractivity contribution in [3.05, 3.63) is 90.0 Å². The third-order valence-corrected chi connectivity index (χ3v) is 6.88. The van der Waals surface area contributed by atoms with Crippen LogP contribution in [-0.4, -0.2) is 60.7 Å². The minimum atomic E-state index is -3.66. The molecule has 45 heavy (non-hydrogen) atoms. The molecule has 2 atom stereocenters. The zero-order valence-electron chi connectivity index (χ0n) is 26.6. The van der Waals surface area contributed by atoms with Crippen molar-refractivity contribution in [1.29, 1.82) is 0 Å². The number of aryl methyl sites for hydroxylation is 1. The molecule has 0 N–H and O–H groups in total. The number of carbonyl (C=O) groups excluding carboxylic acids is 1. The molecule has 0 radical (unpaired) electrons. The Kier molecular flexibility index (Phi) is 15.0. The number of rotatable bonds is 14. The van der Waals surface area contributed by atoms with Gasteiger partial charge in [0.25, 0.3) is 10.1 Å². The normalized spacial score (nSPS) is 13.2. The number of benzene rings is 3. The van der Waals surface area contributed by atoms with Gasteiger partial charge in [0.05, 0.1) is 44.9 Å². The van der Waals surface area contributed by atoms with Gasteiger partial charge in [0, 0.05) is 10.7 Å². The van der Waals surface area contributed by atoms with E-state index in [9.17, 15) is 21.6 Å². The summed E-state index contributed by atoms with van der Waals surface area (Å²) in [5.74, 6) is -0.421. The first-order chi connectivity index (χ1) is 20.9. The van der Waals surface area contributed by atoms with Crippen LogP contribution in [0.2, 0.25) is 0 Å². The molecule has 12 heteroatoms. The van der Waals surface area contributed by atoms with Crippen LogP contribution in [0.15, 0.2) is 78.9 Å². The zero-order chi connectivity index (χ0) is 33.7. The molecule has 0 spiro atoms. The molecule has 0 fully saturated rings. The van der Waals surface area contributed by atoms with Crippen molar-refractivity contribution < 1.29 is 40.0 Å². The summed E-state index contributed by atoms with van der Waals surface area (Å²) in [6.07, 6.45) is 2.72. The van der Waals surface area contributed by atoms with Crippen LogP contribution >= 0.6 is 10.7 Å². The van der Waals surface area contributed by atoms with Crippen LogP contribution in [0, 0.1) is 5.92 Å². The summed E-state index contributed by atoms with van der Waals surface area (Å²) >= 11 is 0. The predicted molar refractivity (Wildman–Crippen MR) is 177 cm³/mol. The van der Waals surface area contributed by atoms with E-state index in [1.54, 1.807) is 27.9 Å². The summed E-state index contributed by atoms with van der Waals surface area (Å²) in [6, 6.07) is 26.0. The van der Waals surface area contributed by atoms with E-state index < -0.39 is 42.8 Å². The summed E-state index contributed by atoms with van der Waals surface area (Å²) in [5.41, 5.74) is 3.59. The number of methoxy groups -OCH3 is 1. The smallest absolute Gasteiger partial charge is 0.312 e. The number of hydrogen-bond acceptors (Lipinski definition) is 9. The van der Waals surface area contributed by atoms with E-state index in [1.807, 2.05) is 42.5 Å². The lowest BCUT2D eigenvalue weighted by Gasteiger charge is -2.29. The number of halogens is 1. The fourth-order valence-corrected chi connectivity index (χ4v) is 4.69. The van der Waals surface area contributed by atoms with Crippen LogP contribution in [0.4, 0.5) is 0 Å². The van der Waals surface area contributed by atoms with Crippen LogP contribution in [0.5, 0.6) is 5.75 Å². The monoisotopic (exact) mass is 682 g/mol. The molecule has 3 aromatic carbocycles. The Morgan fingerprint density at radius 2 is 1.33 bits per heavy atom. The van der Waals surface area contributed by atoms with Gasteiger partial charge in [-0.2, -0.15) is 8.42 Å². The summed E-state index contributed by atoms with van der Waals surface area (Å²) in [7, 11) is -0.738. The second-order valence-corrected chi connectivity index (χ2v) is 16.1. The topological polar surface area (TPSA) is 122 Å². The summed E-state index contributed by atoms with van der Waals surface area (Å²) in [4.78, 5) is 13.3. The minimum absolute atomic E-state index is 0.141. The molecule has 0 saturated carbocycles. The third-order valence-electron chi connectivity index (χ3n) is 6.29. The van der Waals surface area contributed by atoms with Crippen LogP contribution < -0.4 is 4.74 Å². The van der Waals surface area contributed by atoms with E-state index in [2.05, 4.69) is 47.1 Å². The highest BCUT2D eigenvalue weighted by Crippen LogP contribution is 2.26. The number of carbonyl (C=O) groups is 1. The van der Waals surface area contributed by atoms with Gasteiger partial charge in [-0.05, 0) is 74.4 Å². The molecule has 3 rings (SSSR count). The number of esters is 1. The second kappa shape index (κ2) is 17.7. The highest BCUT2D eigenvalue weighted by Gasteiger charge is 2.33. The van der Waals surface area contributed by atoms with Crippen LogP contribution in [-0.2, 0) is 50.6 Å². The molecule has 0 amide bonds. The highest BCUT2D eigenvalue weighted by atomic mass is 35.7. The average molecular weight is 683 g/mol. The Bertz CT molecular complexity index is 1530. The molecule has 0 heterocycles. The van der Waals surface area contributed by atoms with E-state index in [1.165, 1.54) is 0 Å². The molecule has 3 aromatic rings. The van der Waals surface area contributed by atoms with Gasteiger partial charge in [0.15, 0.2) is 0 Å². The van der Waals surface area contributed by atoms with Crippen molar-refractivity contribution in [1.82, 2.24) is 0 Å². The van der Waals surface area contributed by atoms with Gasteiger partial charge in [-0.1, -0.05) is 66.7 Å². The van der Waals surface area contributed by atoms with Crippen LogP contribution in [0.3, 0.4) is 0 Å². The van der Waals surface area contributed by atoms with Crippen molar-refractivity contribution in [2.24, 2.45) is 5.92 Å². The molecule has 0 aliphatic rings. The molecular weight excluding hydrogens is 640 g/mol. The standard InChI is InChI=1S/C32H40O7S.CH3ClO2S/c1-32(2,3)39-31(33)29(21-22-38-40(5,34)35)30(37-23-25-13-18-28(36-4)19-14-25)20-15-24-11-16-27(17-12-24)26-9-7-6-8-10-26;1-5(2,3)4/h6-14,16-19,29-30H,15,20-23H2,1-5H3;1H3. The zero-order valence-corrected chi connectivity index (χ0v) is 29.0. The lowest BCUT2D eigenvalue weighted by atomic mass is 9.92. The Labute approximate surface area is 272 Å². The highest BCUT2D eigenvalue weighted by molar-refractivity contribution is 8.13. The fourth-order valence-electron chi connectivity index (χ4n) is 4.29. The first-order valence-electron chi connectivity index (χ1n) is 14.3. The molecule has 9 nitrogen and oxygen atoms in total. The van der Waals surface area contributed by atoms with Crippen molar-refractivity contribution >= 4 is 35.8 Å². The van der Waals surface area contributed by atoms with E-state index in [0.29, 0.717) is 12.8 Å². The Balaban J connectivity index is 0.00000130. The largest absolute Gasteiger partial charge is 0.497 e. The maximum atomic E-state index is 13.3. The molecule has 0 aliphatic carbocycles. The maximum Gasteiger partial charge on any atom is 0.312 e. The summed E-state index contributed by atoms with van der Waals surface area (Å²) in [6.45, 7) is 5.54. The Hall–Kier alpha value is -2.96. The SMILES string of the molecule is COc1ccc(COC(CCc2ccc(-c3ccccc3)cc2)C(CCOS(C)(=O)=O)C(=O)OC(C)(C)C)cc1.CS(=O)(=O)Cl. The van der Waals surface area contributed by atoms with Gasteiger partial charge in [-0.3, -0.25) is 8.98 Å². The van der Waals surface area contributed by atoms with Gasteiger partial charge in [0.2, 0.25) is 9.05 Å². The molecular formula is C33H43ClO9S2. The lowest BCUT2D eigenvalue weighted by molar-refractivity contribution is -0.167. The van der Waals surface area contributed by atoms with E-state index in [-0.39, 0.29) is 19.6 Å². The number of ether oxygens (including phenoxy) is 3. The quantitative estimate of drug-likeness (QED) is 0.108. The Morgan fingerprint density at radius 1 is 0.800 bits per heavy atom. The number of hydrogen-bond donors (Lipinski definition) is 0. The third kappa shape index (κ3) is 16.8. The van der Waals surface area contributed by atoms with Gasteiger partial charge in [-0.25, -0.2) is 8.42 Å². The van der Waals surface area contributed by atoms with Gasteiger partial charge < -0.3 is 14.2 Å². The molecule has 0 bridgehead atoms. The fraction of sp³-hybridized carbons (Fsp3) is 0.424. The van der Waals surface area contributed by atoms with Crippen molar-refractivity contribution in [2.75, 3.05) is 26.2 Å². The first-order valence-corrected chi connectivity index (χ1v) is 18.8. The molecule has 248 valence electrons. The van der Waals surface area contributed by atoms with Gasteiger partial charge in [-0.15, -0.1) is 0 Å². The van der Waals surface area contributed by atoms with E-state index >= 15 is 0 Å². The first kappa shape index (κ1) is 38.2. The molecule has 0 saturated heterocycles. The Morgan fingerprint density at radius 3 is 1.84 bits per heavy atom. The molecule has 2 unspecified atom stereocenters. The predicted octanol–water partition coefficient (Wildman–Crippen LogP) is 6.39. The molecule has 0 aliphatic heterocycles. The van der Waals surface area contributed by atoms with E-state index in [0.717, 1.165) is 40.5 Å². The summed E-state index contributed by atoms with van der Waals surface area (Å²) < 4.78 is 64.3. The van der Waals surface area contributed by atoms with E-state index in [4.69, 9.17) is 18.4 Å². The van der Waals surface area contributed by atoms with Crippen molar-refractivity contribution in [3.63, 3.8) is 0 Å². The average Bonchev–Trinajstić information content (AvgIpc) is 2.94. The lowest BCUT2D eigenvalue weighted by Crippen LogP contribution is -2.37.